The molecule has 0 aliphatic carbocycles. The smallest absolute Gasteiger partial charge is 0.259 e. The van der Waals surface area contributed by atoms with Crippen LogP contribution in [0.2, 0.25) is 0 Å². The number of fused-ring (bicyclic) bond motifs is 1. The summed E-state index contributed by atoms with van der Waals surface area (Å²) in [6, 6.07) is 18.5. The van der Waals surface area contributed by atoms with Crippen LogP contribution in [0.25, 0.3) is 10.8 Å². The molecule has 138 valence electrons. The minimum Gasteiger partial charge on any atom is -0.507 e. The molecule has 27 heavy (non-hydrogen) atoms. The molecule has 0 heterocycles. The van der Waals surface area contributed by atoms with Gasteiger partial charge in [0.25, 0.3) is 5.91 Å². The highest BCUT2D eigenvalue weighted by Crippen LogP contribution is 2.25. The second-order valence-electron chi connectivity index (χ2n) is 5.82. The van der Waals surface area contributed by atoms with Gasteiger partial charge in [0.2, 0.25) is 0 Å². The zero-order chi connectivity index (χ0) is 19.1. The zero-order valence-corrected chi connectivity index (χ0v) is 15.0. The van der Waals surface area contributed by atoms with Gasteiger partial charge in [-0.15, -0.1) is 0 Å². The van der Waals surface area contributed by atoms with Gasteiger partial charge in [-0.1, -0.05) is 30.3 Å². The van der Waals surface area contributed by atoms with Crippen LogP contribution in [0.1, 0.15) is 12.5 Å². The maximum absolute atomic E-state index is 11.9. The predicted molar refractivity (Wildman–Crippen MR) is 107 cm³/mol. The number of amides is 1. The number of carbonyl (C=O) groups excluding carboxylic acids is 1. The normalized spacial score (nSPS) is 10.9. The van der Waals surface area contributed by atoms with E-state index in [-0.39, 0.29) is 18.2 Å². The van der Waals surface area contributed by atoms with Gasteiger partial charge in [-0.2, -0.15) is 5.10 Å². The number of rotatable bonds is 7. The van der Waals surface area contributed by atoms with E-state index in [0.29, 0.717) is 12.2 Å². The molecule has 0 aliphatic rings. The second-order valence-corrected chi connectivity index (χ2v) is 5.82. The highest BCUT2D eigenvalue weighted by atomic mass is 16.5. The number of anilines is 1. The molecule has 3 aromatic rings. The first kappa shape index (κ1) is 18.3. The molecule has 3 rings (SSSR count). The maximum atomic E-state index is 11.9. The fourth-order valence-corrected chi connectivity index (χ4v) is 2.65. The van der Waals surface area contributed by atoms with Gasteiger partial charge >= 0.3 is 0 Å². The molecule has 0 spiro atoms. The van der Waals surface area contributed by atoms with Crippen LogP contribution >= 0.6 is 0 Å². The zero-order valence-electron chi connectivity index (χ0n) is 15.0. The third kappa shape index (κ3) is 4.76. The van der Waals surface area contributed by atoms with Crippen LogP contribution in [-0.4, -0.2) is 30.4 Å². The first-order chi connectivity index (χ1) is 13.2. The Morgan fingerprint density at radius 1 is 1.11 bits per heavy atom. The lowest BCUT2D eigenvalue weighted by Gasteiger charge is -2.07. The number of hydrogen-bond acceptors (Lipinski definition) is 5. The van der Waals surface area contributed by atoms with E-state index in [1.54, 1.807) is 6.07 Å². The van der Waals surface area contributed by atoms with Crippen LogP contribution < -0.4 is 15.5 Å². The lowest BCUT2D eigenvalue weighted by molar-refractivity contribution is -0.119. The van der Waals surface area contributed by atoms with Crippen LogP contribution in [0, 0.1) is 0 Å². The largest absolute Gasteiger partial charge is 0.507 e. The Hall–Kier alpha value is -3.54. The predicted octanol–water partition coefficient (Wildman–Crippen LogP) is 3.51. The average Bonchev–Trinajstić information content (AvgIpc) is 2.69. The number of nitrogens with one attached hydrogen (secondary N) is 2. The summed E-state index contributed by atoms with van der Waals surface area (Å²) >= 11 is 0. The molecule has 0 fully saturated rings. The van der Waals surface area contributed by atoms with E-state index in [0.717, 1.165) is 22.2 Å². The topological polar surface area (TPSA) is 83.0 Å². The monoisotopic (exact) mass is 363 g/mol. The summed E-state index contributed by atoms with van der Waals surface area (Å²) in [4.78, 5) is 11.9. The molecule has 1 amide bonds. The van der Waals surface area contributed by atoms with Crippen molar-refractivity contribution in [2.24, 2.45) is 5.10 Å². The van der Waals surface area contributed by atoms with Crippen molar-refractivity contribution in [3.8, 4) is 11.5 Å². The molecule has 6 nitrogen and oxygen atoms in total. The minimum atomic E-state index is -0.292. The quantitative estimate of drug-likeness (QED) is 0.443. The van der Waals surface area contributed by atoms with E-state index in [1.807, 2.05) is 61.5 Å². The fourth-order valence-electron chi connectivity index (χ4n) is 2.65. The number of aromatic hydroxyl groups is 1. The lowest BCUT2D eigenvalue weighted by Crippen LogP contribution is -2.25. The molecule has 0 bridgehead atoms. The molecule has 6 heteroatoms. The second kappa shape index (κ2) is 8.71. The Morgan fingerprint density at radius 2 is 1.89 bits per heavy atom. The van der Waals surface area contributed by atoms with E-state index in [9.17, 15) is 9.90 Å². The standard InChI is InChI=1S/C21H21N3O3/c1-2-27-17-10-8-16(9-11-17)22-14-21(26)24-23-13-19-18-6-4-3-5-15(18)7-12-20(19)25/h3-13,22,25H,2,14H2,1H3,(H,24,26)/b23-13+. The average molecular weight is 363 g/mol. The van der Waals surface area contributed by atoms with Crippen molar-refractivity contribution in [1.29, 1.82) is 0 Å². The van der Waals surface area contributed by atoms with Crippen LogP contribution in [-0.2, 0) is 4.79 Å². The van der Waals surface area contributed by atoms with Crippen LogP contribution in [0.15, 0.2) is 65.8 Å². The van der Waals surface area contributed by atoms with Crippen molar-refractivity contribution in [3.05, 3.63) is 66.2 Å². The Kier molecular flexibility index (Phi) is 5.89. The van der Waals surface area contributed by atoms with E-state index in [4.69, 9.17) is 4.74 Å². The summed E-state index contributed by atoms with van der Waals surface area (Å²) in [6.07, 6.45) is 1.45. The number of nitrogens with zero attached hydrogens (tertiary/aromatic N) is 1. The number of hydrogen-bond donors (Lipinski definition) is 3. The van der Waals surface area contributed by atoms with Gasteiger partial charge in [0.1, 0.15) is 11.5 Å². The van der Waals surface area contributed by atoms with Crippen LogP contribution in [0.3, 0.4) is 0 Å². The Morgan fingerprint density at radius 3 is 2.67 bits per heavy atom. The third-order valence-corrected chi connectivity index (χ3v) is 3.95. The molecule has 0 saturated carbocycles. The van der Waals surface area contributed by atoms with Gasteiger partial charge in [0.15, 0.2) is 0 Å². The molecule has 0 radical (unpaired) electrons. The van der Waals surface area contributed by atoms with Gasteiger partial charge in [0.05, 0.1) is 19.4 Å². The first-order valence-electron chi connectivity index (χ1n) is 8.66. The summed E-state index contributed by atoms with van der Waals surface area (Å²) < 4.78 is 5.38. The highest BCUT2D eigenvalue weighted by Gasteiger charge is 2.05. The number of ether oxygens (including phenoxy) is 1. The lowest BCUT2D eigenvalue weighted by atomic mass is 10.0. The van der Waals surface area contributed by atoms with Crippen molar-refractivity contribution >= 4 is 28.6 Å². The van der Waals surface area contributed by atoms with Crippen molar-refractivity contribution < 1.29 is 14.6 Å². The minimum absolute atomic E-state index is 0.0762. The number of phenols is 1. The highest BCUT2D eigenvalue weighted by molar-refractivity contribution is 6.02. The summed E-state index contributed by atoms with van der Waals surface area (Å²) in [6.45, 7) is 2.61. The maximum Gasteiger partial charge on any atom is 0.259 e. The van der Waals surface area contributed by atoms with E-state index < -0.39 is 0 Å². The van der Waals surface area contributed by atoms with Crippen LogP contribution in [0.4, 0.5) is 5.69 Å². The van der Waals surface area contributed by atoms with Gasteiger partial charge in [-0.25, -0.2) is 5.43 Å². The summed E-state index contributed by atoms with van der Waals surface area (Å²) in [5.41, 5.74) is 3.83. The molecule has 0 aliphatic heterocycles. The molecule has 3 aromatic carbocycles. The molecule has 0 aromatic heterocycles. The third-order valence-electron chi connectivity index (χ3n) is 3.95. The number of carbonyl (C=O) groups is 1. The van der Waals surface area contributed by atoms with E-state index in [1.165, 1.54) is 6.21 Å². The van der Waals surface area contributed by atoms with Gasteiger partial charge in [0, 0.05) is 11.3 Å². The number of benzene rings is 3. The first-order valence-corrected chi connectivity index (χ1v) is 8.66. The Bertz CT molecular complexity index is 953. The molecular weight excluding hydrogens is 342 g/mol. The Labute approximate surface area is 157 Å². The van der Waals surface area contributed by atoms with Crippen molar-refractivity contribution in [2.75, 3.05) is 18.5 Å². The van der Waals surface area contributed by atoms with Gasteiger partial charge in [-0.3, -0.25) is 4.79 Å². The summed E-state index contributed by atoms with van der Waals surface area (Å²) in [7, 11) is 0. The molecule has 0 atom stereocenters. The van der Waals surface area contributed by atoms with Crippen molar-refractivity contribution in [1.82, 2.24) is 5.43 Å². The van der Waals surface area contributed by atoms with Crippen molar-refractivity contribution in [3.63, 3.8) is 0 Å². The van der Waals surface area contributed by atoms with E-state index in [2.05, 4.69) is 15.8 Å². The van der Waals surface area contributed by atoms with Crippen LogP contribution in [0.5, 0.6) is 11.5 Å². The number of phenolic OH excluding ortho intramolecular Hbond substituents is 1. The van der Waals surface area contributed by atoms with Crippen molar-refractivity contribution in [2.45, 2.75) is 6.92 Å². The molecular formula is C21H21N3O3. The SMILES string of the molecule is CCOc1ccc(NCC(=O)N/N=C/c2c(O)ccc3ccccc23)cc1. The molecule has 0 unspecified atom stereocenters. The van der Waals surface area contributed by atoms with Gasteiger partial charge < -0.3 is 15.2 Å². The fraction of sp³-hybridized carbons (Fsp3) is 0.143. The van der Waals surface area contributed by atoms with Gasteiger partial charge in [-0.05, 0) is 48.0 Å². The van der Waals surface area contributed by atoms with E-state index >= 15 is 0 Å². The number of hydrazone groups is 1. The summed E-state index contributed by atoms with van der Waals surface area (Å²) in [5.74, 6) is 0.603. The molecule has 0 saturated heterocycles. The summed E-state index contributed by atoms with van der Waals surface area (Å²) in [5, 5.41) is 18.9. The Balaban J connectivity index is 1.57. The molecule has 3 N–H and O–H groups in total.